The van der Waals surface area contributed by atoms with Crippen LogP contribution in [0.5, 0.6) is 0 Å². The van der Waals surface area contributed by atoms with E-state index in [0.717, 1.165) is 55.7 Å². The number of fused-ring (bicyclic) bond motifs is 9. The Bertz CT molecular complexity index is 2950. The van der Waals surface area contributed by atoms with E-state index < -0.39 is 0 Å². The third kappa shape index (κ3) is 4.18. The zero-order valence-corrected chi connectivity index (χ0v) is 27.8. The highest BCUT2D eigenvalue weighted by atomic mass is 15.0. The molecule has 242 valence electrons. The van der Waals surface area contributed by atoms with Crippen LogP contribution in [0.3, 0.4) is 0 Å². The fraction of sp³-hybridized carbons (Fsp3) is 0. The van der Waals surface area contributed by atoms with Crippen molar-refractivity contribution in [1.82, 2.24) is 29.1 Å². The van der Waals surface area contributed by atoms with Crippen molar-refractivity contribution >= 4 is 65.7 Å². The molecule has 6 heterocycles. The van der Waals surface area contributed by atoms with E-state index in [0.29, 0.717) is 0 Å². The van der Waals surface area contributed by atoms with Gasteiger partial charge in [0, 0.05) is 68.8 Å². The van der Waals surface area contributed by atoms with Crippen LogP contribution in [0, 0.1) is 0 Å². The lowest BCUT2D eigenvalue weighted by molar-refractivity contribution is 1.17. The van der Waals surface area contributed by atoms with Gasteiger partial charge >= 0.3 is 0 Å². The number of aromatic nitrogens is 6. The van der Waals surface area contributed by atoms with E-state index in [1.165, 1.54) is 43.6 Å². The molecule has 0 amide bonds. The molecule has 52 heavy (non-hydrogen) atoms. The van der Waals surface area contributed by atoms with Crippen molar-refractivity contribution in [2.24, 2.45) is 0 Å². The molecule has 6 aromatic heterocycles. The normalized spacial score (nSPS) is 11.8. The molecule has 0 aliphatic carbocycles. The monoisotopic (exact) mass is 664 g/mol. The molecule has 0 unspecified atom stereocenters. The van der Waals surface area contributed by atoms with Gasteiger partial charge in [0.1, 0.15) is 0 Å². The smallest absolute Gasteiger partial charge is 0.0964 e. The van der Waals surface area contributed by atoms with Crippen molar-refractivity contribution in [3.63, 3.8) is 0 Å². The Morgan fingerprint density at radius 1 is 0.327 bits per heavy atom. The van der Waals surface area contributed by atoms with Crippen molar-refractivity contribution < 1.29 is 0 Å². The van der Waals surface area contributed by atoms with Gasteiger partial charge in [0.05, 0.1) is 44.1 Å². The van der Waals surface area contributed by atoms with Crippen LogP contribution >= 0.6 is 0 Å². The molecule has 0 radical (unpaired) electrons. The molecule has 11 aromatic rings. The van der Waals surface area contributed by atoms with Crippen molar-refractivity contribution in [2.45, 2.75) is 0 Å². The SMILES string of the molecule is c1cnc2c(-c3ccc(-n4c5ccccc5c5c6c7ccccc7n(-c7ccc(-c8ccnc9cccnc89)cc7)c6ccc54)cc3)ccnc2c1. The molecular formula is C46H28N6. The number of pyridine rings is 4. The fourth-order valence-corrected chi connectivity index (χ4v) is 8.08. The second kappa shape index (κ2) is 11.2. The van der Waals surface area contributed by atoms with Gasteiger partial charge in [-0.2, -0.15) is 0 Å². The summed E-state index contributed by atoms with van der Waals surface area (Å²) in [5.41, 5.74) is 14.9. The van der Waals surface area contributed by atoms with Crippen LogP contribution < -0.4 is 0 Å². The van der Waals surface area contributed by atoms with Gasteiger partial charge in [0.25, 0.3) is 0 Å². The average molecular weight is 665 g/mol. The van der Waals surface area contributed by atoms with E-state index in [2.05, 4.69) is 138 Å². The maximum atomic E-state index is 4.64. The number of hydrogen-bond donors (Lipinski definition) is 0. The largest absolute Gasteiger partial charge is 0.309 e. The van der Waals surface area contributed by atoms with Crippen LogP contribution in [-0.4, -0.2) is 29.1 Å². The number of benzene rings is 5. The lowest BCUT2D eigenvalue weighted by Crippen LogP contribution is -1.95. The predicted molar refractivity (Wildman–Crippen MR) is 212 cm³/mol. The fourth-order valence-electron chi connectivity index (χ4n) is 8.08. The Hall–Kier alpha value is -7.18. The first-order chi connectivity index (χ1) is 25.8. The highest BCUT2D eigenvalue weighted by Gasteiger charge is 2.20. The van der Waals surface area contributed by atoms with E-state index >= 15 is 0 Å². The second-order valence-electron chi connectivity index (χ2n) is 13.1. The molecular weight excluding hydrogens is 637 g/mol. The number of nitrogens with zero attached hydrogens (tertiary/aromatic N) is 6. The van der Waals surface area contributed by atoms with Crippen molar-refractivity contribution in [3.05, 3.63) is 170 Å². The zero-order valence-electron chi connectivity index (χ0n) is 27.8. The van der Waals surface area contributed by atoms with Crippen LogP contribution in [0.4, 0.5) is 0 Å². The van der Waals surface area contributed by atoms with E-state index in [-0.39, 0.29) is 0 Å². The summed E-state index contributed by atoms with van der Waals surface area (Å²) in [6, 6.07) is 51.7. The minimum atomic E-state index is 0.894. The Morgan fingerprint density at radius 2 is 0.769 bits per heavy atom. The van der Waals surface area contributed by atoms with Gasteiger partial charge in [0.2, 0.25) is 0 Å². The van der Waals surface area contributed by atoms with E-state index in [4.69, 9.17) is 0 Å². The highest BCUT2D eigenvalue weighted by Crippen LogP contribution is 2.42. The molecule has 6 nitrogen and oxygen atoms in total. The maximum absolute atomic E-state index is 4.64. The Kier molecular flexibility index (Phi) is 6.15. The molecule has 0 bridgehead atoms. The first kappa shape index (κ1) is 28.6. The van der Waals surface area contributed by atoms with Crippen LogP contribution in [0.2, 0.25) is 0 Å². The molecule has 5 aromatic carbocycles. The van der Waals surface area contributed by atoms with Crippen LogP contribution in [0.1, 0.15) is 0 Å². The van der Waals surface area contributed by atoms with Gasteiger partial charge in [-0.1, -0.05) is 60.7 Å². The van der Waals surface area contributed by atoms with Crippen LogP contribution in [0.25, 0.3) is 99.3 Å². The van der Waals surface area contributed by atoms with E-state index in [9.17, 15) is 0 Å². The first-order valence-electron chi connectivity index (χ1n) is 17.4. The summed E-state index contributed by atoms with van der Waals surface area (Å²) < 4.78 is 4.79. The second-order valence-corrected chi connectivity index (χ2v) is 13.1. The van der Waals surface area contributed by atoms with Crippen molar-refractivity contribution in [3.8, 4) is 33.6 Å². The van der Waals surface area contributed by atoms with Crippen molar-refractivity contribution in [2.75, 3.05) is 0 Å². The standard InChI is InChI=1S/C46H28N6/c1-3-11-39-35(7-1)43-41(51(39)31-17-13-29(14-18-31)33-23-27-47-37-9-5-25-49-45(33)37)21-22-42-44(43)36-8-2-4-12-40(36)52(42)32-19-15-30(16-20-32)34-24-28-48-38-10-6-26-50-46(34)38/h1-28H. The predicted octanol–water partition coefficient (Wildman–Crippen LogP) is 11.1. The van der Waals surface area contributed by atoms with Crippen LogP contribution in [-0.2, 0) is 0 Å². The highest BCUT2D eigenvalue weighted by molar-refractivity contribution is 6.28. The summed E-state index contributed by atoms with van der Waals surface area (Å²) in [4.78, 5) is 18.3. The summed E-state index contributed by atoms with van der Waals surface area (Å²) in [7, 11) is 0. The van der Waals surface area contributed by atoms with Gasteiger partial charge in [-0.05, 0) is 96.1 Å². The summed E-state index contributed by atoms with van der Waals surface area (Å²) >= 11 is 0. The lowest BCUT2D eigenvalue weighted by atomic mass is 10.0. The lowest BCUT2D eigenvalue weighted by Gasteiger charge is -2.11. The van der Waals surface area contributed by atoms with Gasteiger partial charge < -0.3 is 9.13 Å². The number of rotatable bonds is 4. The third-order valence-electron chi connectivity index (χ3n) is 10.3. The molecule has 11 rings (SSSR count). The Morgan fingerprint density at radius 3 is 1.23 bits per heavy atom. The molecule has 0 spiro atoms. The van der Waals surface area contributed by atoms with E-state index in [1.807, 2.05) is 61.2 Å². The van der Waals surface area contributed by atoms with Gasteiger partial charge in [0.15, 0.2) is 0 Å². The summed E-state index contributed by atoms with van der Waals surface area (Å²) in [5.74, 6) is 0. The minimum Gasteiger partial charge on any atom is -0.309 e. The van der Waals surface area contributed by atoms with Gasteiger partial charge in [-0.3, -0.25) is 19.9 Å². The summed E-state index contributed by atoms with van der Waals surface area (Å²) in [5, 5.41) is 4.96. The minimum absolute atomic E-state index is 0.894. The average Bonchev–Trinajstić information content (AvgIpc) is 3.73. The van der Waals surface area contributed by atoms with Crippen molar-refractivity contribution in [1.29, 1.82) is 0 Å². The molecule has 6 heteroatoms. The molecule has 0 atom stereocenters. The molecule has 0 saturated carbocycles. The zero-order chi connectivity index (χ0) is 34.2. The van der Waals surface area contributed by atoms with Crippen LogP contribution in [0.15, 0.2) is 170 Å². The Labute approximate surface area is 297 Å². The number of para-hydroxylation sites is 2. The number of hydrogen-bond acceptors (Lipinski definition) is 4. The van der Waals surface area contributed by atoms with Gasteiger partial charge in [-0.25, -0.2) is 0 Å². The van der Waals surface area contributed by atoms with E-state index in [1.54, 1.807) is 0 Å². The first-order valence-corrected chi connectivity index (χ1v) is 17.4. The van der Waals surface area contributed by atoms with Gasteiger partial charge in [-0.15, -0.1) is 0 Å². The maximum Gasteiger partial charge on any atom is 0.0964 e. The summed E-state index contributed by atoms with van der Waals surface area (Å²) in [6.45, 7) is 0. The molecule has 0 saturated heterocycles. The quantitative estimate of drug-likeness (QED) is 0.188. The summed E-state index contributed by atoms with van der Waals surface area (Å²) in [6.07, 6.45) is 7.37. The molecule has 0 aliphatic rings. The topological polar surface area (TPSA) is 61.4 Å². The molecule has 0 N–H and O–H groups in total. The molecule has 0 fully saturated rings. The Balaban J connectivity index is 1.10. The third-order valence-corrected chi connectivity index (χ3v) is 10.3. The molecule has 0 aliphatic heterocycles.